The minimum Gasteiger partial charge on any atom is -0.467 e. The molecule has 0 aliphatic rings. The van der Waals surface area contributed by atoms with Crippen LogP contribution in [-0.2, 0) is 16.6 Å². The standard InChI is InChI=1S/C11H11ClN2O3/c1-14-7-5-3-4-6(8(7)10(12)13-14)9(15)11(16)17-2/h3-5,9,15H,1-2H3. The Morgan fingerprint density at radius 2 is 2.29 bits per heavy atom. The molecule has 0 fully saturated rings. The van der Waals surface area contributed by atoms with Crippen molar-refractivity contribution in [1.82, 2.24) is 9.78 Å². The third-order valence-electron chi connectivity index (χ3n) is 2.59. The van der Waals surface area contributed by atoms with Gasteiger partial charge in [0.15, 0.2) is 11.3 Å². The van der Waals surface area contributed by atoms with Crippen LogP contribution >= 0.6 is 11.6 Å². The normalized spacial score (nSPS) is 12.7. The minimum absolute atomic E-state index is 0.251. The fraction of sp³-hybridized carbons (Fsp3) is 0.273. The van der Waals surface area contributed by atoms with Crippen molar-refractivity contribution >= 4 is 28.5 Å². The van der Waals surface area contributed by atoms with E-state index in [0.717, 1.165) is 5.52 Å². The molecule has 0 amide bonds. The lowest BCUT2D eigenvalue weighted by molar-refractivity contribution is -0.150. The Morgan fingerprint density at radius 1 is 1.59 bits per heavy atom. The van der Waals surface area contributed by atoms with Gasteiger partial charge in [-0.15, -0.1) is 0 Å². The quantitative estimate of drug-likeness (QED) is 0.824. The molecule has 0 aliphatic carbocycles. The molecular weight excluding hydrogens is 244 g/mol. The number of fused-ring (bicyclic) bond motifs is 1. The van der Waals surface area contributed by atoms with E-state index >= 15 is 0 Å². The summed E-state index contributed by atoms with van der Waals surface area (Å²) in [4.78, 5) is 11.3. The molecule has 2 rings (SSSR count). The molecule has 1 aromatic carbocycles. The summed E-state index contributed by atoms with van der Waals surface area (Å²) in [5.74, 6) is -0.725. The van der Waals surface area contributed by atoms with Gasteiger partial charge in [0.05, 0.1) is 12.6 Å². The lowest BCUT2D eigenvalue weighted by atomic mass is 10.1. The van der Waals surface area contributed by atoms with E-state index < -0.39 is 12.1 Å². The molecule has 17 heavy (non-hydrogen) atoms. The minimum atomic E-state index is -1.36. The second-order valence-corrected chi connectivity index (χ2v) is 3.94. The smallest absolute Gasteiger partial charge is 0.339 e. The Balaban J connectivity index is 2.66. The summed E-state index contributed by atoms with van der Waals surface area (Å²) < 4.78 is 6.09. The van der Waals surface area contributed by atoms with Crippen LogP contribution in [0.2, 0.25) is 5.15 Å². The number of hydrogen-bond donors (Lipinski definition) is 1. The van der Waals surface area contributed by atoms with Crippen LogP contribution in [0, 0.1) is 0 Å². The van der Waals surface area contributed by atoms with Gasteiger partial charge >= 0.3 is 5.97 Å². The molecule has 90 valence electrons. The molecule has 1 atom stereocenters. The van der Waals surface area contributed by atoms with Crippen LogP contribution in [-0.4, -0.2) is 28.0 Å². The Labute approximate surface area is 103 Å². The fourth-order valence-corrected chi connectivity index (χ4v) is 2.07. The van der Waals surface area contributed by atoms with Crippen molar-refractivity contribution in [3.05, 3.63) is 28.9 Å². The maximum Gasteiger partial charge on any atom is 0.339 e. The predicted molar refractivity (Wildman–Crippen MR) is 62.7 cm³/mol. The van der Waals surface area contributed by atoms with E-state index in [1.165, 1.54) is 7.11 Å². The van der Waals surface area contributed by atoms with Crippen LogP contribution < -0.4 is 0 Å². The number of carbonyl (C=O) groups excluding carboxylic acids is 1. The number of carbonyl (C=O) groups is 1. The van der Waals surface area contributed by atoms with E-state index in [4.69, 9.17) is 11.6 Å². The largest absolute Gasteiger partial charge is 0.467 e. The number of esters is 1. The van der Waals surface area contributed by atoms with Gasteiger partial charge in [-0.2, -0.15) is 5.10 Å². The van der Waals surface area contributed by atoms with Crippen LogP contribution in [0.1, 0.15) is 11.7 Å². The Bertz CT molecular complexity index is 579. The zero-order chi connectivity index (χ0) is 12.6. The molecule has 0 saturated carbocycles. The van der Waals surface area contributed by atoms with Gasteiger partial charge in [0, 0.05) is 18.0 Å². The highest BCUT2D eigenvalue weighted by Gasteiger charge is 2.23. The SMILES string of the molecule is COC(=O)C(O)c1cccc2c1c(Cl)nn2C. The van der Waals surface area contributed by atoms with Gasteiger partial charge in [-0.1, -0.05) is 23.7 Å². The monoisotopic (exact) mass is 254 g/mol. The summed E-state index contributed by atoms with van der Waals surface area (Å²) in [6.45, 7) is 0. The Kier molecular flexibility index (Phi) is 3.04. The van der Waals surface area contributed by atoms with Crippen LogP contribution in [0.15, 0.2) is 18.2 Å². The van der Waals surface area contributed by atoms with Crippen molar-refractivity contribution in [2.24, 2.45) is 7.05 Å². The van der Waals surface area contributed by atoms with Crippen molar-refractivity contribution in [1.29, 1.82) is 0 Å². The highest BCUT2D eigenvalue weighted by molar-refractivity contribution is 6.34. The first kappa shape index (κ1) is 11.9. The van der Waals surface area contributed by atoms with Crippen LogP contribution in [0.3, 0.4) is 0 Å². The number of aliphatic hydroxyl groups is 1. The number of aromatic nitrogens is 2. The number of nitrogens with zero attached hydrogens (tertiary/aromatic N) is 2. The number of methoxy groups -OCH3 is 1. The molecule has 1 N–H and O–H groups in total. The van der Waals surface area contributed by atoms with E-state index in [-0.39, 0.29) is 5.15 Å². The molecular formula is C11H11ClN2O3. The fourth-order valence-electron chi connectivity index (χ4n) is 1.75. The summed E-state index contributed by atoms with van der Waals surface area (Å²) in [6.07, 6.45) is -1.36. The Hall–Kier alpha value is -1.59. The molecule has 0 saturated heterocycles. The third-order valence-corrected chi connectivity index (χ3v) is 2.85. The summed E-state index contributed by atoms with van der Waals surface area (Å²) >= 11 is 5.98. The number of benzene rings is 1. The summed E-state index contributed by atoms with van der Waals surface area (Å²) in [5.41, 5.74) is 1.14. The number of rotatable bonds is 2. The van der Waals surface area contributed by atoms with E-state index in [2.05, 4.69) is 9.84 Å². The summed E-state index contributed by atoms with van der Waals surface area (Å²) in [5, 5.41) is 14.7. The maximum atomic E-state index is 11.3. The van der Waals surface area contributed by atoms with Crippen molar-refractivity contribution in [2.45, 2.75) is 6.10 Å². The van der Waals surface area contributed by atoms with Gasteiger partial charge in [0.2, 0.25) is 0 Å². The molecule has 6 heteroatoms. The van der Waals surface area contributed by atoms with Crippen molar-refractivity contribution in [3.63, 3.8) is 0 Å². The van der Waals surface area contributed by atoms with Gasteiger partial charge in [-0.25, -0.2) is 4.79 Å². The number of hydrogen-bond acceptors (Lipinski definition) is 4. The lowest BCUT2D eigenvalue weighted by Crippen LogP contribution is -2.13. The maximum absolute atomic E-state index is 11.3. The zero-order valence-corrected chi connectivity index (χ0v) is 10.1. The zero-order valence-electron chi connectivity index (χ0n) is 9.35. The van der Waals surface area contributed by atoms with Crippen molar-refractivity contribution < 1.29 is 14.6 Å². The van der Waals surface area contributed by atoms with Crippen LogP contribution in [0.4, 0.5) is 0 Å². The molecule has 0 radical (unpaired) electrons. The summed E-state index contributed by atoms with van der Waals surface area (Å²) in [7, 11) is 2.96. The first-order valence-corrected chi connectivity index (χ1v) is 5.31. The second kappa shape index (κ2) is 4.35. The van der Waals surface area contributed by atoms with Crippen molar-refractivity contribution in [2.75, 3.05) is 7.11 Å². The third kappa shape index (κ3) is 1.87. The Morgan fingerprint density at radius 3 is 2.94 bits per heavy atom. The second-order valence-electron chi connectivity index (χ2n) is 3.58. The van der Waals surface area contributed by atoms with E-state index in [1.54, 1.807) is 23.9 Å². The van der Waals surface area contributed by atoms with E-state index in [0.29, 0.717) is 10.9 Å². The number of ether oxygens (including phenoxy) is 1. The molecule has 1 heterocycles. The molecule has 0 spiro atoms. The molecule has 1 unspecified atom stereocenters. The van der Waals surface area contributed by atoms with Gasteiger partial charge in [-0.3, -0.25) is 4.68 Å². The molecule has 5 nitrogen and oxygen atoms in total. The van der Waals surface area contributed by atoms with E-state index in [9.17, 15) is 9.90 Å². The number of halogens is 1. The van der Waals surface area contributed by atoms with Crippen LogP contribution in [0.25, 0.3) is 10.9 Å². The molecule has 0 bridgehead atoms. The highest BCUT2D eigenvalue weighted by atomic mass is 35.5. The van der Waals surface area contributed by atoms with Gasteiger partial charge in [-0.05, 0) is 6.07 Å². The van der Waals surface area contributed by atoms with Gasteiger partial charge in [0.1, 0.15) is 0 Å². The topological polar surface area (TPSA) is 64.3 Å². The predicted octanol–water partition coefficient (Wildman–Crippen LogP) is 1.43. The van der Waals surface area contributed by atoms with Gasteiger partial charge in [0.25, 0.3) is 0 Å². The van der Waals surface area contributed by atoms with E-state index in [1.807, 2.05) is 6.07 Å². The highest BCUT2D eigenvalue weighted by Crippen LogP contribution is 2.30. The average molecular weight is 255 g/mol. The number of aliphatic hydroxyl groups excluding tert-OH is 1. The summed E-state index contributed by atoms with van der Waals surface area (Å²) in [6, 6.07) is 5.15. The molecule has 2 aromatic rings. The van der Waals surface area contributed by atoms with Crippen molar-refractivity contribution in [3.8, 4) is 0 Å². The average Bonchev–Trinajstić information content (AvgIpc) is 2.63. The molecule has 1 aromatic heterocycles. The van der Waals surface area contributed by atoms with Crippen LogP contribution in [0.5, 0.6) is 0 Å². The molecule has 0 aliphatic heterocycles. The first-order valence-electron chi connectivity index (χ1n) is 4.93. The number of aryl methyl sites for hydroxylation is 1. The lowest BCUT2D eigenvalue weighted by Gasteiger charge is -2.09. The first-order chi connectivity index (χ1) is 8.06. The van der Waals surface area contributed by atoms with Gasteiger partial charge < -0.3 is 9.84 Å².